The van der Waals surface area contributed by atoms with Crippen LogP contribution in [0.15, 0.2) is 35.3 Å². The fourth-order valence-electron chi connectivity index (χ4n) is 10.2. The van der Waals surface area contributed by atoms with Crippen molar-refractivity contribution in [2.75, 3.05) is 45.1 Å². The molecule has 0 aromatic heterocycles. The van der Waals surface area contributed by atoms with E-state index in [9.17, 15) is 63.0 Å². The molecule has 3 heterocycles. The number of carboxylic acids is 1. The van der Waals surface area contributed by atoms with Crippen LogP contribution in [0.5, 0.6) is 0 Å². The molecule has 83 heavy (non-hydrogen) atoms. The van der Waals surface area contributed by atoms with Crippen molar-refractivity contribution < 1.29 is 63.0 Å². The Morgan fingerprint density at radius 1 is 0.735 bits per heavy atom. The Labute approximate surface area is 489 Å². The van der Waals surface area contributed by atoms with E-state index in [0.717, 1.165) is 41.9 Å². The first-order valence-corrected chi connectivity index (χ1v) is 29.8. The number of hydrogen-bond donors (Lipinski definition) is 12. The molecule has 16 N–H and O–H groups in total. The highest BCUT2D eigenvalue weighted by molar-refractivity contribution is 7.98. The van der Waals surface area contributed by atoms with Gasteiger partial charge in [0.2, 0.25) is 59.1 Å². The molecule has 1 aromatic rings. The fourth-order valence-corrected chi connectivity index (χ4v) is 11.2. The standard InChI is InChI=1S/C55H88N14O13S/c1-4-5-6-10-18-35-29-45(72)69(51(35)78)83-32-41(66-47(74)37(20-13-24-60-55(58)59)63-46(73)36(57)19-11-12-23-56)53(80)67-25-14-21-42(67)49(76)61-30-44(71)62-38(28-34-16-8-7-9-17-34)48(75)65-40(31-70)52(79)68-26-15-22-43(68)50(77)64-39(54(81)82)27-33(2)3/h7-9,16-17,33,35-43,70H,4-6,10-15,18-32,56-57H2,1-3H3,(H,61,76)(H,62,71)(H,63,73)(H,64,77)(H,65,75)(H,66,74)(H,81,82)(H4,58,59,60)/t35?,36-,37-,38-,39-,40-,41-,42-,43-/m0/s1. The normalized spacial score (nSPS) is 19.0. The average molecular weight is 1190 g/mol. The lowest BCUT2D eigenvalue weighted by Crippen LogP contribution is -2.59. The van der Waals surface area contributed by atoms with Crippen LogP contribution in [0.3, 0.4) is 0 Å². The Balaban J connectivity index is 1.51. The zero-order chi connectivity index (χ0) is 61.2. The summed E-state index contributed by atoms with van der Waals surface area (Å²) in [6, 6.07) is -1.58. The van der Waals surface area contributed by atoms with E-state index < -0.39 is 132 Å². The molecule has 1 aromatic carbocycles. The summed E-state index contributed by atoms with van der Waals surface area (Å²) in [6.07, 6.45) is 6.85. The number of imide groups is 1. The number of amides is 10. The first kappa shape index (κ1) is 68.6. The second-order valence-electron chi connectivity index (χ2n) is 21.7. The van der Waals surface area contributed by atoms with Crippen LogP contribution in [0.4, 0.5) is 0 Å². The molecule has 462 valence electrons. The molecule has 28 heteroatoms. The molecule has 0 saturated carbocycles. The fraction of sp³-hybridized carbons (Fsp3) is 0.673. The molecule has 3 saturated heterocycles. The number of unbranched alkanes of at least 4 members (excludes halogenated alkanes) is 4. The third kappa shape index (κ3) is 22.0. The lowest BCUT2D eigenvalue weighted by Gasteiger charge is -2.30. The maximum absolute atomic E-state index is 14.8. The van der Waals surface area contributed by atoms with Crippen molar-refractivity contribution in [3.05, 3.63) is 35.9 Å². The van der Waals surface area contributed by atoms with Gasteiger partial charge in [-0.2, -0.15) is 0 Å². The van der Waals surface area contributed by atoms with E-state index in [1.807, 2.05) is 0 Å². The molecule has 10 amide bonds. The molecule has 0 radical (unpaired) electrons. The van der Waals surface area contributed by atoms with Gasteiger partial charge < -0.3 is 74.8 Å². The SMILES string of the molecule is CCCCCCC1CC(=O)N(SC[C@H](NC(=O)[C@H](CCCN=C(N)N)NC(=O)[C@@H](N)CCCCN)C(=O)N2CCC[C@H]2C(=O)NCC(=O)N[C@@H](Cc2ccccc2)C(=O)N[C@@H](CO)C(=O)N2CCC[C@H]2C(=O)N[C@@H](CC(C)C)C(=O)O)C1=O. The Kier molecular flexibility index (Phi) is 29.2. The van der Waals surface area contributed by atoms with Crippen LogP contribution in [0.25, 0.3) is 0 Å². The van der Waals surface area contributed by atoms with Crippen molar-refractivity contribution in [3.8, 4) is 0 Å². The zero-order valence-electron chi connectivity index (χ0n) is 48.0. The van der Waals surface area contributed by atoms with Crippen LogP contribution in [0.2, 0.25) is 0 Å². The van der Waals surface area contributed by atoms with Gasteiger partial charge in [0.15, 0.2) is 5.96 Å². The van der Waals surface area contributed by atoms with Gasteiger partial charge in [-0.1, -0.05) is 83.2 Å². The molecule has 0 spiro atoms. The van der Waals surface area contributed by atoms with E-state index in [-0.39, 0.29) is 88.6 Å². The lowest BCUT2D eigenvalue weighted by molar-refractivity contribution is -0.145. The van der Waals surface area contributed by atoms with Crippen molar-refractivity contribution in [1.82, 2.24) is 46.0 Å². The molecule has 3 aliphatic rings. The number of nitrogens with two attached hydrogens (primary N) is 4. The Hall–Kier alpha value is -6.91. The lowest BCUT2D eigenvalue weighted by atomic mass is 9.99. The van der Waals surface area contributed by atoms with Gasteiger partial charge in [-0.05, 0) is 94.2 Å². The monoisotopic (exact) mass is 1180 g/mol. The van der Waals surface area contributed by atoms with Crippen LogP contribution >= 0.6 is 11.9 Å². The van der Waals surface area contributed by atoms with Crippen LogP contribution in [0.1, 0.15) is 129 Å². The second-order valence-corrected chi connectivity index (χ2v) is 22.7. The molecule has 0 aliphatic carbocycles. The molecule has 4 rings (SSSR count). The minimum Gasteiger partial charge on any atom is -0.480 e. The number of guanidine groups is 1. The van der Waals surface area contributed by atoms with Crippen molar-refractivity contribution in [1.29, 1.82) is 0 Å². The van der Waals surface area contributed by atoms with Gasteiger partial charge in [-0.25, -0.2) is 9.10 Å². The van der Waals surface area contributed by atoms with E-state index >= 15 is 0 Å². The Morgan fingerprint density at radius 3 is 1.98 bits per heavy atom. The summed E-state index contributed by atoms with van der Waals surface area (Å²) in [6.45, 7) is 4.68. The van der Waals surface area contributed by atoms with Crippen molar-refractivity contribution >= 4 is 82.9 Å². The first-order valence-electron chi connectivity index (χ1n) is 28.9. The highest BCUT2D eigenvalue weighted by Crippen LogP contribution is 2.31. The van der Waals surface area contributed by atoms with E-state index in [1.54, 1.807) is 44.2 Å². The van der Waals surface area contributed by atoms with Crippen LogP contribution in [-0.2, 0) is 59.2 Å². The number of nitrogens with one attached hydrogen (secondary N) is 6. The molecule has 0 bridgehead atoms. The summed E-state index contributed by atoms with van der Waals surface area (Å²) >= 11 is 0.755. The summed E-state index contributed by atoms with van der Waals surface area (Å²) < 4.78 is 1.00. The maximum Gasteiger partial charge on any atom is 0.326 e. The number of nitrogens with zero attached hydrogens (tertiary/aromatic N) is 4. The number of hydrogen-bond acceptors (Lipinski definition) is 16. The highest BCUT2D eigenvalue weighted by atomic mass is 32.2. The minimum absolute atomic E-state index is 0.00132. The number of aliphatic carboxylic acids is 1. The van der Waals surface area contributed by atoms with Gasteiger partial charge in [0.1, 0.15) is 42.3 Å². The summed E-state index contributed by atoms with van der Waals surface area (Å²) in [5.74, 6) is -9.43. The summed E-state index contributed by atoms with van der Waals surface area (Å²) in [4.78, 5) is 157. The predicted octanol–water partition coefficient (Wildman–Crippen LogP) is -1.62. The third-order valence-electron chi connectivity index (χ3n) is 14.6. The van der Waals surface area contributed by atoms with Gasteiger partial charge >= 0.3 is 5.97 Å². The third-order valence-corrected chi connectivity index (χ3v) is 15.7. The molecular weight excluding hydrogens is 1100 g/mol. The number of carbonyl (C=O) groups excluding carboxylic acids is 10. The molecule has 3 fully saturated rings. The summed E-state index contributed by atoms with van der Waals surface area (Å²) in [7, 11) is 0. The number of carboxylic acid groups (broad SMARTS) is 1. The van der Waals surface area contributed by atoms with Crippen LogP contribution in [-0.4, -0.2) is 189 Å². The molecular formula is C55H88N14O13S. The molecule has 3 aliphatic heterocycles. The number of aliphatic imine (C=N–C) groups is 1. The zero-order valence-corrected chi connectivity index (χ0v) is 48.8. The minimum atomic E-state index is -1.57. The van der Waals surface area contributed by atoms with Gasteiger partial charge in [-0.3, -0.25) is 52.9 Å². The average Bonchev–Trinajstić information content (AvgIpc) is 4.46. The number of benzene rings is 1. The van der Waals surface area contributed by atoms with E-state index in [1.165, 1.54) is 9.80 Å². The van der Waals surface area contributed by atoms with Crippen LogP contribution in [0, 0.1) is 11.8 Å². The maximum atomic E-state index is 14.8. The molecule has 1 unspecified atom stereocenters. The number of carbonyl (C=O) groups is 11. The summed E-state index contributed by atoms with van der Waals surface area (Å²) in [5, 5.41) is 35.6. The Bertz CT molecular complexity index is 2420. The van der Waals surface area contributed by atoms with Gasteiger partial charge in [0.25, 0.3) is 0 Å². The number of aliphatic hydroxyl groups excluding tert-OH is 1. The number of aliphatic hydroxyl groups is 1. The molecule has 27 nitrogen and oxygen atoms in total. The van der Waals surface area contributed by atoms with Crippen LogP contribution < -0.4 is 54.8 Å². The predicted molar refractivity (Wildman–Crippen MR) is 308 cm³/mol. The smallest absolute Gasteiger partial charge is 0.326 e. The summed E-state index contributed by atoms with van der Waals surface area (Å²) in [5.41, 5.74) is 23.4. The van der Waals surface area contributed by atoms with Gasteiger partial charge in [0, 0.05) is 44.1 Å². The number of likely N-dealkylation sites (tertiary alicyclic amines) is 2. The molecule has 9 atom stereocenters. The highest BCUT2D eigenvalue weighted by Gasteiger charge is 2.43. The van der Waals surface area contributed by atoms with Gasteiger partial charge in [0.05, 0.1) is 19.2 Å². The quantitative estimate of drug-likeness (QED) is 0.0118. The van der Waals surface area contributed by atoms with E-state index in [0.29, 0.717) is 44.2 Å². The Morgan fingerprint density at radius 2 is 1.36 bits per heavy atom. The number of rotatable bonds is 36. The van der Waals surface area contributed by atoms with Crippen molar-refractivity contribution in [3.63, 3.8) is 0 Å². The largest absolute Gasteiger partial charge is 0.480 e. The topological polar surface area (TPSA) is 427 Å². The van der Waals surface area contributed by atoms with E-state index in [2.05, 4.69) is 43.8 Å². The van der Waals surface area contributed by atoms with E-state index in [4.69, 9.17) is 22.9 Å². The van der Waals surface area contributed by atoms with Crippen molar-refractivity contribution in [2.24, 2.45) is 39.8 Å². The first-order chi connectivity index (χ1) is 39.6. The van der Waals surface area contributed by atoms with Gasteiger partial charge in [-0.15, -0.1) is 0 Å². The second kappa shape index (κ2) is 35.3. The van der Waals surface area contributed by atoms with Crippen molar-refractivity contribution in [2.45, 2.75) is 178 Å².